The first-order valence-corrected chi connectivity index (χ1v) is 8.25. The Kier molecular flexibility index (Phi) is 5.48. The standard InChI is InChI=1S/C16H28N2O3/c1-11-8-12(2)10-18(9-11)16(21)17-14(15(19)20)13-6-4-3-5-7-13/h11-14H,3-10H2,1-2H3,(H,17,21)(H,19,20). The Morgan fingerprint density at radius 2 is 1.67 bits per heavy atom. The molecule has 3 atom stereocenters. The molecule has 5 heteroatoms. The zero-order chi connectivity index (χ0) is 15.4. The molecule has 21 heavy (non-hydrogen) atoms. The lowest BCUT2D eigenvalue weighted by Crippen LogP contribution is -2.54. The highest BCUT2D eigenvalue weighted by Gasteiger charge is 2.33. The zero-order valence-electron chi connectivity index (χ0n) is 13.2. The Bertz CT molecular complexity index is 370. The van der Waals surface area contributed by atoms with E-state index >= 15 is 0 Å². The second-order valence-electron chi connectivity index (χ2n) is 7.01. The first-order chi connectivity index (χ1) is 9.97. The van der Waals surface area contributed by atoms with Crippen molar-refractivity contribution in [2.24, 2.45) is 17.8 Å². The van der Waals surface area contributed by atoms with Gasteiger partial charge in [-0.1, -0.05) is 33.1 Å². The molecule has 1 aliphatic heterocycles. The van der Waals surface area contributed by atoms with Crippen LogP contribution in [0, 0.1) is 17.8 Å². The van der Waals surface area contributed by atoms with Gasteiger partial charge in [-0.2, -0.15) is 0 Å². The van der Waals surface area contributed by atoms with Crippen LogP contribution in [-0.4, -0.2) is 41.1 Å². The summed E-state index contributed by atoms with van der Waals surface area (Å²) in [6, 6.07) is -0.934. The van der Waals surface area contributed by atoms with Crippen LogP contribution in [0.2, 0.25) is 0 Å². The van der Waals surface area contributed by atoms with E-state index in [0.29, 0.717) is 11.8 Å². The number of hydrogen-bond donors (Lipinski definition) is 2. The van der Waals surface area contributed by atoms with Crippen LogP contribution in [0.5, 0.6) is 0 Å². The quantitative estimate of drug-likeness (QED) is 0.841. The molecule has 2 fully saturated rings. The highest BCUT2D eigenvalue weighted by atomic mass is 16.4. The highest BCUT2D eigenvalue weighted by Crippen LogP contribution is 2.27. The summed E-state index contributed by atoms with van der Waals surface area (Å²) in [6.45, 7) is 5.75. The van der Waals surface area contributed by atoms with Crippen LogP contribution in [0.15, 0.2) is 0 Å². The van der Waals surface area contributed by atoms with Gasteiger partial charge in [0.15, 0.2) is 0 Å². The van der Waals surface area contributed by atoms with Crippen molar-refractivity contribution in [3.8, 4) is 0 Å². The van der Waals surface area contributed by atoms with Crippen LogP contribution in [0.3, 0.4) is 0 Å². The molecule has 0 bridgehead atoms. The van der Waals surface area contributed by atoms with Gasteiger partial charge in [-0.05, 0) is 37.0 Å². The molecule has 120 valence electrons. The molecule has 2 N–H and O–H groups in total. The molecule has 0 spiro atoms. The fraction of sp³-hybridized carbons (Fsp3) is 0.875. The third-order valence-corrected chi connectivity index (χ3v) is 4.82. The van der Waals surface area contributed by atoms with Crippen LogP contribution in [0.4, 0.5) is 4.79 Å². The van der Waals surface area contributed by atoms with Gasteiger partial charge in [-0.3, -0.25) is 0 Å². The van der Waals surface area contributed by atoms with Crippen molar-refractivity contribution in [2.75, 3.05) is 13.1 Å². The molecule has 2 aliphatic rings. The Morgan fingerprint density at radius 3 is 2.19 bits per heavy atom. The maximum Gasteiger partial charge on any atom is 0.326 e. The van der Waals surface area contributed by atoms with Gasteiger partial charge in [0.1, 0.15) is 6.04 Å². The van der Waals surface area contributed by atoms with Crippen LogP contribution < -0.4 is 5.32 Å². The van der Waals surface area contributed by atoms with E-state index < -0.39 is 12.0 Å². The average Bonchev–Trinajstić information content (AvgIpc) is 2.44. The number of carboxylic acid groups (broad SMARTS) is 1. The van der Waals surface area contributed by atoms with Gasteiger partial charge in [0.25, 0.3) is 0 Å². The van der Waals surface area contributed by atoms with Gasteiger partial charge in [0.2, 0.25) is 0 Å². The summed E-state index contributed by atoms with van der Waals surface area (Å²) < 4.78 is 0. The van der Waals surface area contributed by atoms with Crippen molar-refractivity contribution in [3.63, 3.8) is 0 Å². The zero-order valence-corrected chi connectivity index (χ0v) is 13.2. The fourth-order valence-corrected chi connectivity index (χ4v) is 3.90. The second kappa shape index (κ2) is 7.14. The summed E-state index contributed by atoms with van der Waals surface area (Å²) in [7, 11) is 0. The molecule has 5 nitrogen and oxygen atoms in total. The summed E-state index contributed by atoms with van der Waals surface area (Å²) in [4.78, 5) is 25.7. The van der Waals surface area contributed by atoms with E-state index in [-0.39, 0.29) is 11.9 Å². The molecule has 1 heterocycles. The predicted octanol–water partition coefficient (Wildman–Crippen LogP) is 2.71. The number of carbonyl (C=O) groups excluding carboxylic acids is 1. The lowest BCUT2D eigenvalue weighted by atomic mass is 9.84. The maximum atomic E-state index is 12.4. The third kappa shape index (κ3) is 4.35. The Hall–Kier alpha value is -1.26. The average molecular weight is 296 g/mol. The lowest BCUT2D eigenvalue weighted by Gasteiger charge is -2.36. The van der Waals surface area contributed by atoms with E-state index in [0.717, 1.165) is 45.2 Å². The van der Waals surface area contributed by atoms with E-state index in [1.54, 1.807) is 4.90 Å². The molecule has 0 aromatic heterocycles. The van der Waals surface area contributed by atoms with Crippen molar-refractivity contribution in [3.05, 3.63) is 0 Å². The van der Waals surface area contributed by atoms with Gasteiger partial charge in [-0.25, -0.2) is 9.59 Å². The van der Waals surface area contributed by atoms with Crippen LogP contribution in [-0.2, 0) is 4.79 Å². The number of hydrogen-bond acceptors (Lipinski definition) is 2. The Morgan fingerprint density at radius 1 is 1.10 bits per heavy atom. The predicted molar refractivity (Wildman–Crippen MR) is 81.0 cm³/mol. The fourth-order valence-electron chi connectivity index (χ4n) is 3.90. The molecule has 2 amide bonds. The molecule has 2 rings (SSSR count). The molecule has 0 aromatic carbocycles. The molecule has 0 radical (unpaired) electrons. The number of likely N-dealkylation sites (tertiary alicyclic amines) is 1. The minimum atomic E-state index is -0.895. The molecule has 3 unspecified atom stereocenters. The largest absolute Gasteiger partial charge is 0.480 e. The first-order valence-electron chi connectivity index (χ1n) is 8.25. The number of urea groups is 1. The number of piperidine rings is 1. The van der Waals surface area contributed by atoms with E-state index in [1.807, 2.05) is 0 Å². The number of nitrogens with one attached hydrogen (secondary N) is 1. The number of carboxylic acids is 1. The van der Waals surface area contributed by atoms with Crippen LogP contribution >= 0.6 is 0 Å². The number of rotatable bonds is 3. The minimum absolute atomic E-state index is 0.0832. The number of nitrogens with zero attached hydrogens (tertiary/aromatic N) is 1. The van der Waals surface area contributed by atoms with E-state index in [1.165, 1.54) is 6.42 Å². The highest BCUT2D eigenvalue weighted by molar-refractivity contribution is 5.82. The lowest BCUT2D eigenvalue weighted by molar-refractivity contribution is -0.141. The van der Waals surface area contributed by atoms with Crippen LogP contribution in [0.25, 0.3) is 0 Å². The Labute approximate surface area is 127 Å². The summed E-state index contributed by atoms with van der Waals surface area (Å²) in [5, 5.41) is 12.2. The minimum Gasteiger partial charge on any atom is -0.480 e. The van der Waals surface area contributed by atoms with E-state index in [2.05, 4.69) is 19.2 Å². The van der Waals surface area contributed by atoms with Crippen molar-refractivity contribution in [1.29, 1.82) is 0 Å². The summed E-state index contributed by atoms with van der Waals surface area (Å²) in [5.41, 5.74) is 0. The molecular weight excluding hydrogens is 268 g/mol. The SMILES string of the molecule is CC1CC(C)CN(C(=O)NC(C(=O)O)C2CCCCC2)C1. The number of carbonyl (C=O) groups is 2. The topological polar surface area (TPSA) is 69.6 Å². The second-order valence-corrected chi connectivity index (χ2v) is 7.01. The van der Waals surface area contributed by atoms with Crippen LogP contribution in [0.1, 0.15) is 52.4 Å². The van der Waals surface area contributed by atoms with Gasteiger partial charge >= 0.3 is 12.0 Å². The molecule has 1 aliphatic carbocycles. The van der Waals surface area contributed by atoms with Gasteiger partial charge in [0.05, 0.1) is 0 Å². The third-order valence-electron chi connectivity index (χ3n) is 4.82. The first kappa shape index (κ1) is 16.1. The van der Waals surface area contributed by atoms with Crippen molar-refractivity contribution in [1.82, 2.24) is 10.2 Å². The van der Waals surface area contributed by atoms with E-state index in [4.69, 9.17) is 0 Å². The summed E-state index contributed by atoms with van der Waals surface area (Å²) >= 11 is 0. The molecule has 1 saturated heterocycles. The molecular formula is C16H28N2O3. The van der Waals surface area contributed by atoms with Gasteiger partial charge < -0.3 is 15.3 Å². The smallest absolute Gasteiger partial charge is 0.326 e. The van der Waals surface area contributed by atoms with Gasteiger partial charge in [-0.15, -0.1) is 0 Å². The summed E-state index contributed by atoms with van der Waals surface area (Å²) in [6.07, 6.45) is 6.27. The monoisotopic (exact) mass is 296 g/mol. The summed E-state index contributed by atoms with van der Waals surface area (Å²) in [5.74, 6) is 0.156. The van der Waals surface area contributed by atoms with Gasteiger partial charge in [0, 0.05) is 13.1 Å². The molecule has 0 aromatic rings. The molecule has 1 saturated carbocycles. The van der Waals surface area contributed by atoms with Crippen molar-refractivity contribution in [2.45, 2.75) is 58.4 Å². The normalized spacial score (nSPS) is 29.0. The maximum absolute atomic E-state index is 12.4. The number of amides is 2. The number of aliphatic carboxylic acids is 1. The Balaban J connectivity index is 1.95. The van der Waals surface area contributed by atoms with E-state index in [9.17, 15) is 14.7 Å². The van der Waals surface area contributed by atoms with Crippen molar-refractivity contribution < 1.29 is 14.7 Å². The van der Waals surface area contributed by atoms with Crippen molar-refractivity contribution >= 4 is 12.0 Å².